The second-order valence-electron chi connectivity index (χ2n) is 6.82. The monoisotopic (exact) mass is 496 g/mol. The molecule has 1 aliphatic heterocycles. The Kier molecular flexibility index (Phi) is 7.74. The minimum Gasteiger partial charge on any atom is -0.492 e. The summed E-state index contributed by atoms with van der Waals surface area (Å²) in [4.78, 5) is 12.6. The maximum Gasteiger partial charge on any atom is 0.262 e. The summed E-state index contributed by atoms with van der Waals surface area (Å²) in [5, 5.41) is 2.71. The smallest absolute Gasteiger partial charge is 0.262 e. The van der Waals surface area contributed by atoms with Gasteiger partial charge < -0.3 is 14.8 Å². The van der Waals surface area contributed by atoms with Crippen LogP contribution in [0.4, 0.5) is 5.69 Å². The molecule has 0 bridgehead atoms. The number of nitrogens with one attached hydrogen (secondary N) is 1. The number of rotatable bonds is 8. The summed E-state index contributed by atoms with van der Waals surface area (Å²) < 4.78 is 39.3. The highest BCUT2D eigenvalue weighted by Gasteiger charge is 2.27. The van der Waals surface area contributed by atoms with Gasteiger partial charge in [0.1, 0.15) is 11.5 Å². The molecule has 1 heterocycles. The molecule has 2 aromatic carbocycles. The average Bonchev–Trinajstić information content (AvgIpc) is 2.75. The lowest BCUT2D eigenvalue weighted by Gasteiger charge is -2.26. The SMILES string of the molecule is CCOc1ccc(S(=O)(=O)N2CCCCC2)cc1NC(=O)COc1ccccc1Br. The van der Waals surface area contributed by atoms with Crippen LogP contribution in [0.25, 0.3) is 0 Å². The Morgan fingerprint density at radius 2 is 1.80 bits per heavy atom. The quantitative estimate of drug-likeness (QED) is 0.595. The number of piperidine rings is 1. The third-order valence-corrected chi connectivity index (χ3v) is 7.22. The molecule has 1 saturated heterocycles. The van der Waals surface area contributed by atoms with E-state index < -0.39 is 15.9 Å². The lowest BCUT2D eigenvalue weighted by molar-refractivity contribution is -0.118. The van der Waals surface area contributed by atoms with Gasteiger partial charge in [0.15, 0.2) is 6.61 Å². The van der Waals surface area contributed by atoms with Gasteiger partial charge in [-0.3, -0.25) is 4.79 Å². The van der Waals surface area contributed by atoms with Gasteiger partial charge in [-0.05, 0) is 66.0 Å². The number of carbonyl (C=O) groups excluding carboxylic acids is 1. The van der Waals surface area contributed by atoms with Gasteiger partial charge >= 0.3 is 0 Å². The van der Waals surface area contributed by atoms with Crippen molar-refractivity contribution in [1.82, 2.24) is 4.31 Å². The first-order chi connectivity index (χ1) is 14.4. The summed E-state index contributed by atoms with van der Waals surface area (Å²) in [5.41, 5.74) is 0.302. The Bertz CT molecular complexity index is 991. The van der Waals surface area contributed by atoms with Crippen molar-refractivity contribution in [2.75, 3.05) is 31.6 Å². The molecule has 1 N–H and O–H groups in total. The Morgan fingerprint density at radius 3 is 2.50 bits per heavy atom. The van der Waals surface area contributed by atoms with Crippen LogP contribution >= 0.6 is 15.9 Å². The van der Waals surface area contributed by atoms with Gasteiger partial charge in [-0.25, -0.2) is 8.42 Å². The molecule has 162 valence electrons. The molecular formula is C21H25BrN2O5S. The first-order valence-electron chi connectivity index (χ1n) is 9.86. The fourth-order valence-corrected chi connectivity index (χ4v) is 5.14. The second kappa shape index (κ2) is 10.3. The summed E-state index contributed by atoms with van der Waals surface area (Å²) in [6, 6.07) is 11.8. The second-order valence-corrected chi connectivity index (χ2v) is 9.62. The molecule has 9 heteroatoms. The van der Waals surface area contributed by atoms with Crippen LogP contribution < -0.4 is 14.8 Å². The largest absolute Gasteiger partial charge is 0.492 e. The van der Waals surface area contributed by atoms with Gasteiger partial charge in [0.05, 0.1) is 21.7 Å². The molecule has 0 aliphatic carbocycles. The van der Waals surface area contributed by atoms with Crippen LogP contribution in [0.15, 0.2) is 51.8 Å². The van der Waals surface area contributed by atoms with E-state index in [1.165, 1.54) is 16.4 Å². The highest BCUT2D eigenvalue weighted by molar-refractivity contribution is 9.10. The number of benzene rings is 2. The van der Waals surface area contributed by atoms with Crippen molar-refractivity contribution >= 4 is 37.5 Å². The van der Waals surface area contributed by atoms with Crippen molar-refractivity contribution in [2.24, 2.45) is 0 Å². The predicted octanol–water partition coefficient (Wildman–Crippen LogP) is 4.04. The average molecular weight is 497 g/mol. The molecule has 7 nitrogen and oxygen atoms in total. The number of carbonyl (C=O) groups is 1. The summed E-state index contributed by atoms with van der Waals surface area (Å²) in [6.07, 6.45) is 2.74. The number of sulfonamides is 1. The number of hydrogen-bond donors (Lipinski definition) is 1. The van der Waals surface area contributed by atoms with Gasteiger partial charge in [-0.1, -0.05) is 18.6 Å². The number of hydrogen-bond acceptors (Lipinski definition) is 5. The molecule has 2 aromatic rings. The highest BCUT2D eigenvalue weighted by atomic mass is 79.9. The Labute approximate surface area is 185 Å². The van der Waals surface area contributed by atoms with Crippen LogP contribution in [-0.2, 0) is 14.8 Å². The van der Waals surface area contributed by atoms with Gasteiger partial charge in [0.25, 0.3) is 5.91 Å². The van der Waals surface area contributed by atoms with E-state index in [1.807, 2.05) is 19.1 Å². The third kappa shape index (κ3) is 5.53. The zero-order valence-corrected chi connectivity index (χ0v) is 19.2. The number of ether oxygens (including phenoxy) is 2. The van der Waals surface area contributed by atoms with E-state index >= 15 is 0 Å². The first kappa shape index (κ1) is 22.6. The van der Waals surface area contributed by atoms with E-state index in [2.05, 4.69) is 21.2 Å². The van der Waals surface area contributed by atoms with Crippen molar-refractivity contribution < 1.29 is 22.7 Å². The highest BCUT2D eigenvalue weighted by Crippen LogP contribution is 2.30. The van der Waals surface area contributed by atoms with E-state index in [4.69, 9.17) is 9.47 Å². The minimum atomic E-state index is -3.62. The Hall–Kier alpha value is -2.10. The van der Waals surface area contributed by atoms with Gasteiger partial charge in [-0.15, -0.1) is 0 Å². The number of amides is 1. The van der Waals surface area contributed by atoms with E-state index in [-0.39, 0.29) is 11.5 Å². The standard InChI is InChI=1S/C21H25BrN2O5S/c1-2-28-20-11-10-16(30(26,27)24-12-6-3-7-13-24)14-18(20)23-21(25)15-29-19-9-5-4-8-17(19)22/h4-5,8-11,14H,2-3,6-7,12-13,15H2,1H3,(H,23,25). The minimum absolute atomic E-state index is 0.134. The Balaban J connectivity index is 1.77. The molecule has 1 fully saturated rings. The fraction of sp³-hybridized carbons (Fsp3) is 0.381. The molecular weight excluding hydrogens is 472 g/mol. The zero-order valence-electron chi connectivity index (χ0n) is 16.8. The summed E-state index contributed by atoms with van der Waals surface area (Å²) >= 11 is 3.37. The lowest BCUT2D eigenvalue weighted by Crippen LogP contribution is -2.35. The molecule has 0 unspecified atom stereocenters. The van der Waals surface area contributed by atoms with E-state index in [1.54, 1.807) is 18.2 Å². The van der Waals surface area contributed by atoms with Crippen molar-refractivity contribution in [3.63, 3.8) is 0 Å². The number of anilines is 1. The van der Waals surface area contributed by atoms with Crippen LogP contribution in [0.1, 0.15) is 26.2 Å². The van der Waals surface area contributed by atoms with Crippen LogP contribution in [0, 0.1) is 0 Å². The van der Waals surface area contributed by atoms with Crippen LogP contribution in [0.3, 0.4) is 0 Å². The maximum absolute atomic E-state index is 13.0. The van der Waals surface area contributed by atoms with Crippen LogP contribution in [-0.4, -0.2) is 44.9 Å². The predicted molar refractivity (Wildman–Crippen MR) is 118 cm³/mol. The van der Waals surface area contributed by atoms with Crippen LogP contribution in [0.2, 0.25) is 0 Å². The number of nitrogens with zero attached hydrogens (tertiary/aromatic N) is 1. The maximum atomic E-state index is 13.0. The Morgan fingerprint density at radius 1 is 1.07 bits per heavy atom. The first-order valence-corrected chi connectivity index (χ1v) is 12.1. The fourth-order valence-electron chi connectivity index (χ4n) is 3.19. The lowest BCUT2D eigenvalue weighted by atomic mass is 10.2. The molecule has 0 aromatic heterocycles. The molecule has 1 aliphatic rings. The van der Waals surface area contributed by atoms with Crippen LogP contribution in [0.5, 0.6) is 11.5 Å². The van der Waals surface area contributed by atoms with E-state index in [9.17, 15) is 13.2 Å². The van der Waals surface area contributed by atoms with Gasteiger partial charge in [0, 0.05) is 13.1 Å². The summed E-state index contributed by atoms with van der Waals surface area (Å²) in [7, 11) is -3.62. The summed E-state index contributed by atoms with van der Waals surface area (Å²) in [6.45, 7) is 3.00. The van der Waals surface area contributed by atoms with Crippen molar-refractivity contribution in [1.29, 1.82) is 0 Å². The molecule has 0 spiro atoms. The topological polar surface area (TPSA) is 84.9 Å². The zero-order chi connectivity index (χ0) is 21.6. The van der Waals surface area contributed by atoms with Crippen molar-refractivity contribution in [3.05, 3.63) is 46.9 Å². The number of para-hydroxylation sites is 1. The van der Waals surface area contributed by atoms with Crippen molar-refractivity contribution in [3.8, 4) is 11.5 Å². The van der Waals surface area contributed by atoms with E-state index in [0.717, 1.165) is 23.7 Å². The molecule has 0 radical (unpaired) electrons. The molecule has 1 amide bonds. The van der Waals surface area contributed by atoms with Crippen molar-refractivity contribution in [2.45, 2.75) is 31.1 Å². The molecule has 0 saturated carbocycles. The van der Waals surface area contributed by atoms with Gasteiger partial charge in [-0.2, -0.15) is 4.31 Å². The molecule has 0 atom stereocenters. The molecule has 3 rings (SSSR count). The number of halogens is 1. The van der Waals surface area contributed by atoms with E-state index in [0.29, 0.717) is 36.9 Å². The molecule has 30 heavy (non-hydrogen) atoms. The third-order valence-electron chi connectivity index (χ3n) is 4.67. The summed E-state index contributed by atoms with van der Waals surface area (Å²) in [5.74, 6) is 0.530. The van der Waals surface area contributed by atoms with Gasteiger partial charge in [0.2, 0.25) is 10.0 Å². The normalized spacial score (nSPS) is 14.9.